The third kappa shape index (κ3) is 6.64. The van der Waals surface area contributed by atoms with Crippen molar-refractivity contribution in [2.24, 2.45) is 0 Å². The third-order valence-corrected chi connectivity index (χ3v) is 9.79. The van der Waals surface area contributed by atoms with Gasteiger partial charge in [-0.25, -0.2) is 0 Å². The number of carbonyl (C=O) groups is 2. The van der Waals surface area contributed by atoms with E-state index in [0.717, 1.165) is 32.3 Å². The number of hydrogen-bond donors (Lipinski definition) is 2. The first kappa shape index (κ1) is 32.8. The van der Waals surface area contributed by atoms with Gasteiger partial charge in [0.1, 0.15) is 0 Å². The van der Waals surface area contributed by atoms with E-state index in [1.165, 1.54) is 32.3 Å². The van der Waals surface area contributed by atoms with E-state index in [-0.39, 0.29) is 11.8 Å². The van der Waals surface area contributed by atoms with E-state index in [2.05, 4.69) is 95.6 Å². The second-order valence-corrected chi connectivity index (χ2v) is 13.0. The molecule has 256 valence electrons. The van der Waals surface area contributed by atoms with Crippen LogP contribution in [0.2, 0.25) is 0 Å². The van der Waals surface area contributed by atoms with E-state index in [1.807, 2.05) is 24.3 Å². The Balaban J connectivity index is 0.685. The van der Waals surface area contributed by atoms with Crippen molar-refractivity contribution < 1.29 is 23.8 Å². The van der Waals surface area contributed by atoms with Gasteiger partial charge >= 0.3 is 0 Å². The first-order chi connectivity index (χ1) is 25.2. The van der Waals surface area contributed by atoms with Crippen molar-refractivity contribution in [1.82, 2.24) is 10.6 Å². The lowest BCUT2D eigenvalue weighted by Crippen LogP contribution is -2.25. The molecule has 0 bridgehead atoms. The highest BCUT2D eigenvalue weighted by molar-refractivity contribution is 6.27. The summed E-state index contributed by atoms with van der Waals surface area (Å²) in [5.41, 5.74) is 1.39. The van der Waals surface area contributed by atoms with Crippen LogP contribution in [0.25, 0.3) is 64.6 Å². The van der Waals surface area contributed by atoms with Gasteiger partial charge in [0, 0.05) is 37.4 Å². The summed E-state index contributed by atoms with van der Waals surface area (Å²) in [5, 5.41) is 19.8. The maximum atomic E-state index is 13.1. The first-order valence-corrected chi connectivity index (χ1v) is 17.8. The van der Waals surface area contributed by atoms with Crippen LogP contribution < -0.4 is 10.6 Å². The molecule has 0 aromatic heterocycles. The third-order valence-electron chi connectivity index (χ3n) is 9.79. The van der Waals surface area contributed by atoms with Crippen LogP contribution >= 0.6 is 0 Å². The Hall–Kier alpha value is -5.34. The van der Waals surface area contributed by atoms with Crippen molar-refractivity contribution in [2.75, 3.05) is 52.7 Å². The molecule has 0 unspecified atom stereocenters. The second-order valence-electron chi connectivity index (χ2n) is 13.0. The van der Waals surface area contributed by atoms with E-state index in [9.17, 15) is 9.59 Å². The molecule has 0 aliphatic carbocycles. The molecule has 0 aliphatic rings. The molecule has 0 fully saturated rings. The minimum atomic E-state index is -0.0672. The topological polar surface area (TPSA) is 85.9 Å². The Bertz CT molecular complexity index is 2270. The maximum absolute atomic E-state index is 13.1. The van der Waals surface area contributed by atoms with Gasteiger partial charge in [0.05, 0.1) is 26.4 Å². The molecule has 2 amide bonds. The quantitative estimate of drug-likeness (QED) is 0.0793. The maximum Gasteiger partial charge on any atom is 0.251 e. The van der Waals surface area contributed by atoms with E-state index in [1.54, 1.807) is 0 Å². The highest BCUT2D eigenvalue weighted by atomic mass is 16.5. The van der Waals surface area contributed by atoms with Crippen molar-refractivity contribution in [1.29, 1.82) is 0 Å². The summed E-state index contributed by atoms with van der Waals surface area (Å²) in [6, 6.07) is 37.4. The zero-order valence-electron chi connectivity index (χ0n) is 28.5. The Kier molecular flexibility index (Phi) is 9.58. The number of ether oxygens (including phenoxy) is 3. The van der Waals surface area contributed by atoms with Crippen LogP contribution in [0, 0.1) is 0 Å². The van der Waals surface area contributed by atoms with Crippen LogP contribution in [0.1, 0.15) is 33.6 Å². The lowest BCUT2D eigenvalue weighted by Gasteiger charge is -2.14. The summed E-state index contributed by atoms with van der Waals surface area (Å²) in [4.78, 5) is 26.2. The fourth-order valence-corrected chi connectivity index (χ4v) is 7.35. The van der Waals surface area contributed by atoms with Gasteiger partial charge in [-0.2, -0.15) is 0 Å². The van der Waals surface area contributed by atoms with E-state index in [4.69, 9.17) is 14.2 Å². The summed E-state index contributed by atoms with van der Waals surface area (Å²) >= 11 is 0. The molecule has 0 saturated heterocycles. The van der Waals surface area contributed by atoms with Crippen LogP contribution in [0.3, 0.4) is 0 Å². The average Bonchev–Trinajstić information content (AvgIpc) is 3.17. The Morgan fingerprint density at radius 2 is 0.725 bits per heavy atom. The monoisotopic (exact) mass is 676 g/mol. The van der Waals surface area contributed by atoms with Crippen LogP contribution in [-0.4, -0.2) is 64.5 Å². The molecule has 7 nitrogen and oxygen atoms in total. The Morgan fingerprint density at radius 3 is 1.14 bits per heavy atom. The minimum Gasteiger partial charge on any atom is -0.379 e. The lowest BCUT2D eigenvalue weighted by molar-refractivity contribution is 0.0139. The zero-order valence-corrected chi connectivity index (χ0v) is 28.5. The fraction of sp³-hybridized carbons (Fsp3) is 0.227. The van der Waals surface area contributed by atoms with Gasteiger partial charge in [0.2, 0.25) is 0 Å². The lowest BCUT2D eigenvalue weighted by atomic mass is 9.92. The van der Waals surface area contributed by atoms with E-state index < -0.39 is 0 Å². The molecule has 0 radical (unpaired) electrons. The first-order valence-electron chi connectivity index (χ1n) is 17.8. The summed E-state index contributed by atoms with van der Waals surface area (Å²) in [7, 11) is 0. The molecule has 8 rings (SSSR count). The SMILES string of the molecule is O=C(NCCCOCCOCCOCCCNC(=O)c1ccc2ccc3cccc4ccc1c2c34)c1ccc2ccc3cccc4ccc1c2c34. The minimum absolute atomic E-state index is 0.0672. The summed E-state index contributed by atoms with van der Waals surface area (Å²) < 4.78 is 17.0. The number of benzene rings is 8. The average molecular weight is 677 g/mol. The normalized spacial score (nSPS) is 11.9. The standard InChI is InChI=1S/C44H40N2O5/c47-43(37-19-15-33-11-9-29-5-1-7-31-13-17-35(37)41(33)39(29)31)45-21-3-23-49-25-27-51-28-26-50-24-4-22-46-44(48)38-20-16-34-12-10-30-6-2-8-32-14-18-36(38)42(34)40(30)32/h1-2,5-20H,3-4,21-28H2,(H,45,47)(H,46,48). The molecule has 8 aromatic rings. The van der Waals surface area contributed by atoms with Crippen molar-refractivity contribution in [2.45, 2.75) is 12.8 Å². The van der Waals surface area contributed by atoms with Crippen molar-refractivity contribution in [3.8, 4) is 0 Å². The number of amides is 2. The van der Waals surface area contributed by atoms with Gasteiger partial charge in [-0.05, 0) is 89.6 Å². The van der Waals surface area contributed by atoms with Gasteiger partial charge < -0.3 is 24.8 Å². The Morgan fingerprint density at radius 1 is 0.392 bits per heavy atom. The molecule has 0 aliphatic heterocycles. The van der Waals surface area contributed by atoms with Crippen LogP contribution in [0.15, 0.2) is 109 Å². The van der Waals surface area contributed by atoms with Gasteiger partial charge in [-0.3, -0.25) is 9.59 Å². The largest absolute Gasteiger partial charge is 0.379 e. The Labute approximate surface area is 296 Å². The van der Waals surface area contributed by atoms with Crippen molar-refractivity contribution in [3.63, 3.8) is 0 Å². The molecule has 0 heterocycles. The molecule has 8 aromatic carbocycles. The number of carbonyl (C=O) groups excluding carboxylic acids is 2. The second kappa shape index (κ2) is 14.9. The van der Waals surface area contributed by atoms with E-state index in [0.29, 0.717) is 76.7 Å². The summed E-state index contributed by atoms with van der Waals surface area (Å²) in [5.74, 6) is -0.134. The highest BCUT2D eigenvalue weighted by Gasteiger charge is 2.16. The summed E-state index contributed by atoms with van der Waals surface area (Å²) in [6.07, 6.45) is 1.43. The predicted octanol–water partition coefficient (Wildman–Crippen LogP) is 8.47. The smallest absolute Gasteiger partial charge is 0.251 e. The molecule has 0 saturated carbocycles. The highest BCUT2D eigenvalue weighted by Crippen LogP contribution is 2.37. The molecule has 0 atom stereocenters. The number of nitrogens with one attached hydrogen (secondary N) is 2. The van der Waals surface area contributed by atoms with Crippen LogP contribution in [0.5, 0.6) is 0 Å². The number of hydrogen-bond acceptors (Lipinski definition) is 5. The van der Waals surface area contributed by atoms with Gasteiger partial charge in [-0.15, -0.1) is 0 Å². The van der Waals surface area contributed by atoms with Crippen LogP contribution in [-0.2, 0) is 14.2 Å². The van der Waals surface area contributed by atoms with Crippen LogP contribution in [0.4, 0.5) is 0 Å². The zero-order chi connectivity index (χ0) is 34.6. The number of rotatable bonds is 16. The summed E-state index contributed by atoms with van der Waals surface area (Å²) in [6.45, 7) is 4.08. The molecule has 51 heavy (non-hydrogen) atoms. The molecule has 7 heteroatoms. The molecular formula is C44H40N2O5. The van der Waals surface area contributed by atoms with Crippen molar-refractivity contribution >= 4 is 76.4 Å². The molecule has 2 N–H and O–H groups in total. The predicted molar refractivity (Wildman–Crippen MR) is 207 cm³/mol. The van der Waals surface area contributed by atoms with Gasteiger partial charge in [-0.1, -0.05) is 97.1 Å². The van der Waals surface area contributed by atoms with E-state index >= 15 is 0 Å². The van der Waals surface area contributed by atoms with Crippen molar-refractivity contribution in [3.05, 3.63) is 120 Å². The van der Waals surface area contributed by atoms with Gasteiger partial charge in [0.25, 0.3) is 11.8 Å². The van der Waals surface area contributed by atoms with Gasteiger partial charge in [0.15, 0.2) is 0 Å². The fourth-order valence-electron chi connectivity index (χ4n) is 7.35. The molecule has 0 spiro atoms. The molecular weight excluding hydrogens is 636 g/mol.